The third-order valence-electron chi connectivity index (χ3n) is 0.892. The van der Waals surface area contributed by atoms with Crippen molar-refractivity contribution in [2.24, 2.45) is 0 Å². The van der Waals surface area contributed by atoms with E-state index in [1.807, 2.05) is 13.8 Å². The minimum atomic E-state index is 0.656. The first-order valence-corrected chi connectivity index (χ1v) is 3.53. The zero-order valence-electron chi connectivity index (χ0n) is 7.24. The summed E-state index contributed by atoms with van der Waals surface area (Å²) in [6.45, 7) is 12.6. The van der Waals surface area contributed by atoms with Crippen molar-refractivity contribution in [1.82, 2.24) is 11.0 Å². The van der Waals surface area contributed by atoms with E-state index in [4.69, 9.17) is 4.94 Å². The molecule has 0 aliphatic heterocycles. The first-order chi connectivity index (χ1) is 5.13. The molecule has 0 aromatic heterocycles. The fourth-order valence-corrected chi connectivity index (χ4v) is 0.370. The van der Waals surface area contributed by atoms with Gasteiger partial charge in [-0.05, 0) is 13.8 Å². The molecular weight excluding hydrogens is 140 g/mol. The van der Waals surface area contributed by atoms with Gasteiger partial charge in [0.25, 0.3) is 0 Å². The normalized spacial score (nSPS) is 9.64. The van der Waals surface area contributed by atoms with E-state index in [9.17, 15) is 0 Å². The quantitative estimate of drug-likeness (QED) is 0.344. The number of hydroxylamine groups is 2. The van der Waals surface area contributed by atoms with Crippen LogP contribution < -0.4 is 11.0 Å². The molecule has 0 saturated carbocycles. The number of nitrogens with one attached hydrogen (secondary N) is 2. The summed E-state index contributed by atoms with van der Waals surface area (Å²) in [5, 5.41) is 0. The Kier molecular flexibility index (Phi) is 5.74. The van der Waals surface area contributed by atoms with Crippen LogP contribution in [0.2, 0.25) is 0 Å². The average molecular weight is 156 g/mol. The van der Waals surface area contributed by atoms with Gasteiger partial charge in [0, 0.05) is 13.1 Å². The van der Waals surface area contributed by atoms with Crippen LogP contribution >= 0.6 is 0 Å². The maximum absolute atomic E-state index is 4.83. The molecule has 3 heteroatoms. The Labute approximate surface area is 68.0 Å². The third kappa shape index (κ3) is 9.36. The topological polar surface area (TPSA) is 33.3 Å². The van der Waals surface area contributed by atoms with Crippen LogP contribution in [0, 0.1) is 0 Å². The molecule has 0 amide bonds. The van der Waals surface area contributed by atoms with Crippen LogP contribution in [0.5, 0.6) is 0 Å². The van der Waals surface area contributed by atoms with Gasteiger partial charge in [-0.25, -0.2) is 4.94 Å². The molecule has 11 heavy (non-hydrogen) atoms. The van der Waals surface area contributed by atoms with E-state index in [1.54, 1.807) is 0 Å². The molecule has 0 saturated heterocycles. The molecule has 0 aliphatic rings. The van der Waals surface area contributed by atoms with Gasteiger partial charge in [0.1, 0.15) is 0 Å². The summed E-state index contributed by atoms with van der Waals surface area (Å²) in [6, 6.07) is 0. The lowest BCUT2D eigenvalue weighted by molar-refractivity contribution is -0.0289. The molecule has 0 aromatic carbocycles. The van der Waals surface area contributed by atoms with E-state index in [-0.39, 0.29) is 0 Å². The fourth-order valence-electron chi connectivity index (χ4n) is 0.370. The summed E-state index contributed by atoms with van der Waals surface area (Å²) in [5.41, 5.74) is 7.44. The van der Waals surface area contributed by atoms with Gasteiger partial charge in [-0.15, -0.1) is 0 Å². The summed E-state index contributed by atoms with van der Waals surface area (Å²) >= 11 is 0. The standard InChI is InChI=1S/C8H16N2O/c1-7(2)5-9-11-10-6-8(3)4/h9-10H,1,3,5-6H2,2,4H3. The van der Waals surface area contributed by atoms with E-state index in [2.05, 4.69) is 24.1 Å². The summed E-state index contributed by atoms with van der Waals surface area (Å²) in [7, 11) is 0. The highest BCUT2D eigenvalue weighted by molar-refractivity contribution is 4.90. The summed E-state index contributed by atoms with van der Waals surface area (Å²) in [5.74, 6) is 0. The number of hydrogen-bond acceptors (Lipinski definition) is 3. The Morgan fingerprint density at radius 1 is 1.09 bits per heavy atom. The maximum atomic E-state index is 4.83. The van der Waals surface area contributed by atoms with Gasteiger partial charge in [-0.2, -0.15) is 11.0 Å². The molecule has 0 rings (SSSR count). The number of rotatable bonds is 6. The summed E-state index contributed by atoms with van der Waals surface area (Å²) in [4.78, 5) is 4.83. The highest BCUT2D eigenvalue weighted by atomic mass is 16.8. The van der Waals surface area contributed by atoms with Gasteiger partial charge in [-0.3, -0.25) is 0 Å². The second-order valence-electron chi connectivity index (χ2n) is 2.66. The van der Waals surface area contributed by atoms with Crippen molar-refractivity contribution in [2.45, 2.75) is 13.8 Å². The zero-order valence-corrected chi connectivity index (χ0v) is 7.24. The molecule has 2 N–H and O–H groups in total. The van der Waals surface area contributed by atoms with Crippen molar-refractivity contribution in [3.8, 4) is 0 Å². The predicted molar refractivity (Wildman–Crippen MR) is 46.7 cm³/mol. The first-order valence-electron chi connectivity index (χ1n) is 3.53. The molecule has 0 aromatic rings. The molecule has 0 aliphatic carbocycles. The lowest BCUT2D eigenvalue weighted by Gasteiger charge is -2.05. The van der Waals surface area contributed by atoms with Crippen LogP contribution in [0.25, 0.3) is 0 Å². The second kappa shape index (κ2) is 6.09. The highest BCUT2D eigenvalue weighted by Crippen LogP contribution is 1.82. The van der Waals surface area contributed by atoms with Crippen molar-refractivity contribution in [3.63, 3.8) is 0 Å². The van der Waals surface area contributed by atoms with Crippen LogP contribution in [-0.4, -0.2) is 13.1 Å². The molecule has 0 unspecified atom stereocenters. The van der Waals surface area contributed by atoms with Gasteiger partial charge < -0.3 is 0 Å². The molecule has 0 atom stereocenters. The van der Waals surface area contributed by atoms with E-state index < -0.39 is 0 Å². The van der Waals surface area contributed by atoms with E-state index in [0.29, 0.717) is 13.1 Å². The lowest BCUT2D eigenvalue weighted by Crippen LogP contribution is -2.27. The molecule has 3 nitrogen and oxygen atoms in total. The Morgan fingerprint density at radius 2 is 1.45 bits per heavy atom. The van der Waals surface area contributed by atoms with Gasteiger partial charge in [0.15, 0.2) is 0 Å². The van der Waals surface area contributed by atoms with Crippen LogP contribution in [0.4, 0.5) is 0 Å². The van der Waals surface area contributed by atoms with Gasteiger partial charge in [0.05, 0.1) is 0 Å². The van der Waals surface area contributed by atoms with Crippen LogP contribution in [0.1, 0.15) is 13.8 Å². The molecule has 0 radical (unpaired) electrons. The maximum Gasteiger partial charge on any atom is 0.0433 e. The molecule has 0 fully saturated rings. The summed E-state index contributed by atoms with van der Waals surface area (Å²) in [6.07, 6.45) is 0. The Morgan fingerprint density at radius 3 is 1.73 bits per heavy atom. The predicted octanol–water partition coefficient (Wildman–Crippen LogP) is 1.16. The third-order valence-corrected chi connectivity index (χ3v) is 0.892. The fraction of sp³-hybridized carbons (Fsp3) is 0.500. The minimum Gasteiger partial charge on any atom is -0.213 e. The van der Waals surface area contributed by atoms with Crippen molar-refractivity contribution in [1.29, 1.82) is 0 Å². The second-order valence-corrected chi connectivity index (χ2v) is 2.66. The van der Waals surface area contributed by atoms with Crippen LogP contribution in [0.3, 0.4) is 0 Å². The molecular formula is C8H16N2O. The van der Waals surface area contributed by atoms with E-state index >= 15 is 0 Å². The van der Waals surface area contributed by atoms with Crippen molar-refractivity contribution in [3.05, 3.63) is 24.3 Å². The zero-order chi connectivity index (χ0) is 8.69. The SMILES string of the molecule is C=C(C)CNONCC(=C)C. The highest BCUT2D eigenvalue weighted by Gasteiger charge is 1.86. The molecule has 64 valence electrons. The summed E-state index contributed by atoms with van der Waals surface area (Å²) < 4.78 is 0. The Hall–Kier alpha value is -0.640. The smallest absolute Gasteiger partial charge is 0.0433 e. The lowest BCUT2D eigenvalue weighted by atomic mass is 10.4. The monoisotopic (exact) mass is 156 g/mol. The van der Waals surface area contributed by atoms with Crippen molar-refractivity contribution >= 4 is 0 Å². The van der Waals surface area contributed by atoms with Gasteiger partial charge in [-0.1, -0.05) is 24.3 Å². The van der Waals surface area contributed by atoms with Crippen molar-refractivity contribution < 1.29 is 4.94 Å². The largest absolute Gasteiger partial charge is 0.213 e. The van der Waals surface area contributed by atoms with E-state index in [1.165, 1.54) is 0 Å². The average Bonchev–Trinajstić information content (AvgIpc) is 1.85. The van der Waals surface area contributed by atoms with Crippen molar-refractivity contribution in [2.75, 3.05) is 13.1 Å². The Bertz CT molecular complexity index is 127. The van der Waals surface area contributed by atoms with Crippen LogP contribution in [0.15, 0.2) is 24.3 Å². The first kappa shape index (κ1) is 10.4. The van der Waals surface area contributed by atoms with E-state index in [0.717, 1.165) is 11.1 Å². The Balaban J connectivity index is 3.03. The minimum absolute atomic E-state index is 0.656. The molecule has 0 bridgehead atoms. The number of hydrogen-bond donors (Lipinski definition) is 2. The van der Waals surface area contributed by atoms with Gasteiger partial charge >= 0.3 is 0 Å². The molecule has 0 spiro atoms. The van der Waals surface area contributed by atoms with Gasteiger partial charge in [0.2, 0.25) is 0 Å². The van der Waals surface area contributed by atoms with Crippen LogP contribution in [-0.2, 0) is 4.94 Å². The molecule has 0 heterocycles.